The topological polar surface area (TPSA) is 107 Å². The summed E-state index contributed by atoms with van der Waals surface area (Å²) >= 11 is 0. The SMILES string of the molecule is NS(=O)(=O)c1cc(C(=O)O)ccc1OCCCF. The number of ether oxygens (including phenoxy) is 1. The van der Waals surface area contributed by atoms with E-state index in [-0.39, 0.29) is 24.3 Å². The summed E-state index contributed by atoms with van der Waals surface area (Å²) in [6.45, 7) is -0.622. The van der Waals surface area contributed by atoms with E-state index in [9.17, 15) is 17.6 Å². The largest absolute Gasteiger partial charge is 0.492 e. The van der Waals surface area contributed by atoms with Crippen molar-refractivity contribution in [2.45, 2.75) is 11.3 Å². The second kappa shape index (κ2) is 5.78. The number of halogens is 1. The number of carbonyl (C=O) groups is 1. The maximum Gasteiger partial charge on any atom is 0.335 e. The van der Waals surface area contributed by atoms with Gasteiger partial charge in [0.2, 0.25) is 10.0 Å². The van der Waals surface area contributed by atoms with Gasteiger partial charge in [-0.25, -0.2) is 18.4 Å². The molecule has 8 heteroatoms. The third kappa shape index (κ3) is 3.67. The first-order valence-corrected chi connectivity index (χ1v) is 6.50. The van der Waals surface area contributed by atoms with Crippen LogP contribution < -0.4 is 9.88 Å². The first kappa shape index (κ1) is 14.4. The van der Waals surface area contributed by atoms with Crippen molar-refractivity contribution in [1.82, 2.24) is 0 Å². The number of alkyl halides is 1. The lowest BCUT2D eigenvalue weighted by Crippen LogP contribution is -2.15. The molecule has 1 aromatic carbocycles. The molecule has 0 aliphatic carbocycles. The standard InChI is InChI=1S/C10H12FNO5S/c11-4-1-5-17-8-3-2-7(10(13)14)6-9(8)18(12,15)16/h2-3,6H,1,4-5H2,(H,13,14)(H2,12,15,16). The summed E-state index contributed by atoms with van der Waals surface area (Å²) in [7, 11) is -4.11. The van der Waals surface area contributed by atoms with Gasteiger partial charge in [-0.15, -0.1) is 0 Å². The van der Waals surface area contributed by atoms with Crippen LogP contribution >= 0.6 is 0 Å². The van der Waals surface area contributed by atoms with Crippen LogP contribution in [0.5, 0.6) is 5.75 Å². The number of carboxylic acids is 1. The van der Waals surface area contributed by atoms with Crippen molar-refractivity contribution in [1.29, 1.82) is 0 Å². The molecule has 0 amide bonds. The Bertz CT molecular complexity index is 543. The molecular formula is C10H12FNO5S. The van der Waals surface area contributed by atoms with E-state index in [0.29, 0.717) is 0 Å². The fourth-order valence-electron chi connectivity index (χ4n) is 1.22. The lowest BCUT2D eigenvalue weighted by atomic mass is 10.2. The van der Waals surface area contributed by atoms with Gasteiger partial charge < -0.3 is 9.84 Å². The van der Waals surface area contributed by atoms with Crippen LogP contribution in [0.4, 0.5) is 4.39 Å². The highest BCUT2D eigenvalue weighted by molar-refractivity contribution is 7.89. The highest BCUT2D eigenvalue weighted by Gasteiger charge is 2.18. The van der Waals surface area contributed by atoms with Crippen LogP contribution in [0.3, 0.4) is 0 Å². The minimum atomic E-state index is -4.11. The Balaban J connectivity index is 3.14. The number of nitrogens with two attached hydrogens (primary N) is 1. The smallest absolute Gasteiger partial charge is 0.335 e. The van der Waals surface area contributed by atoms with E-state index in [1.807, 2.05) is 0 Å². The Morgan fingerprint density at radius 1 is 1.44 bits per heavy atom. The van der Waals surface area contributed by atoms with Gasteiger partial charge in [-0.2, -0.15) is 0 Å². The monoisotopic (exact) mass is 277 g/mol. The lowest BCUT2D eigenvalue weighted by molar-refractivity contribution is 0.0696. The summed E-state index contributed by atoms with van der Waals surface area (Å²) in [6, 6.07) is 3.27. The first-order valence-electron chi connectivity index (χ1n) is 4.95. The van der Waals surface area contributed by atoms with Crippen molar-refractivity contribution in [3.8, 4) is 5.75 Å². The lowest BCUT2D eigenvalue weighted by Gasteiger charge is -2.10. The number of benzene rings is 1. The van der Waals surface area contributed by atoms with Gasteiger partial charge in [-0.05, 0) is 18.2 Å². The third-order valence-corrected chi connectivity index (χ3v) is 2.96. The van der Waals surface area contributed by atoms with Gasteiger partial charge in [0.15, 0.2) is 0 Å². The molecule has 0 fully saturated rings. The van der Waals surface area contributed by atoms with Gasteiger partial charge in [0, 0.05) is 6.42 Å². The molecule has 0 radical (unpaired) electrons. The summed E-state index contributed by atoms with van der Waals surface area (Å²) in [5, 5.41) is 13.7. The average Bonchev–Trinajstić information content (AvgIpc) is 2.28. The number of primary sulfonamides is 1. The number of rotatable bonds is 6. The predicted octanol–water partition coefficient (Wildman–Crippen LogP) is 0.771. The van der Waals surface area contributed by atoms with Gasteiger partial charge in [0.1, 0.15) is 10.6 Å². The molecule has 0 atom stereocenters. The molecule has 0 spiro atoms. The molecule has 0 aliphatic rings. The molecule has 0 saturated heterocycles. The zero-order chi connectivity index (χ0) is 13.8. The van der Waals surface area contributed by atoms with Gasteiger partial charge in [-0.1, -0.05) is 0 Å². The van der Waals surface area contributed by atoms with Crippen molar-refractivity contribution < 1.29 is 27.4 Å². The predicted molar refractivity (Wildman–Crippen MR) is 60.9 cm³/mol. The second-order valence-corrected chi connectivity index (χ2v) is 4.93. The number of hydrogen-bond acceptors (Lipinski definition) is 4. The van der Waals surface area contributed by atoms with Crippen molar-refractivity contribution >= 4 is 16.0 Å². The first-order chi connectivity index (χ1) is 8.36. The third-order valence-electron chi connectivity index (χ3n) is 2.03. The minimum absolute atomic E-state index is 0.0224. The molecular weight excluding hydrogens is 265 g/mol. The minimum Gasteiger partial charge on any atom is -0.492 e. The van der Waals surface area contributed by atoms with Crippen LogP contribution in [0.2, 0.25) is 0 Å². The average molecular weight is 277 g/mol. The van der Waals surface area contributed by atoms with Crippen LogP contribution in [-0.2, 0) is 10.0 Å². The second-order valence-electron chi connectivity index (χ2n) is 3.40. The molecule has 1 aromatic rings. The zero-order valence-electron chi connectivity index (χ0n) is 9.30. The van der Waals surface area contributed by atoms with E-state index >= 15 is 0 Å². The summed E-state index contributed by atoms with van der Waals surface area (Å²) in [4.78, 5) is 10.3. The fraction of sp³-hybridized carbons (Fsp3) is 0.300. The van der Waals surface area contributed by atoms with Crippen molar-refractivity contribution in [3.05, 3.63) is 23.8 Å². The summed E-state index contributed by atoms with van der Waals surface area (Å²) in [5.74, 6) is -1.37. The van der Waals surface area contributed by atoms with E-state index in [1.54, 1.807) is 0 Å². The normalized spacial score (nSPS) is 11.2. The molecule has 1 rings (SSSR count). The van der Waals surface area contributed by atoms with Crippen LogP contribution in [0.25, 0.3) is 0 Å². The van der Waals surface area contributed by atoms with Gasteiger partial charge >= 0.3 is 5.97 Å². The maximum absolute atomic E-state index is 11.9. The summed E-state index contributed by atoms with van der Waals surface area (Å²) < 4.78 is 39.5. The van der Waals surface area contributed by atoms with E-state index < -0.39 is 27.6 Å². The van der Waals surface area contributed by atoms with E-state index in [0.717, 1.165) is 6.07 Å². The number of hydrogen-bond donors (Lipinski definition) is 2. The Hall–Kier alpha value is -1.67. The van der Waals surface area contributed by atoms with Crippen LogP contribution in [-0.4, -0.2) is 32.8 Å². The molecule has 0 saturated carbocycles. The van der Waals surface area contributed by atoms with Gasteiger partial charge in [0.25, 0.3) is 0 Å². The quantitative estimate of drug-likeness (QED) is 0.747. The number of aromatic carboxylic acids is 1. The Morgan fingerprint density at radius 3 is 2.61 bits per heavy atom. The molecule has 0 unspecified atom stereocenters. The molecule has 18 heavy (non-hydrogen) atoms. The van der Waals surface area contributed by atoms with Crippen molar-refractivity contribution in [2.75, 3.05) is 13.3 Å². The van der Waals surface area contributed by atoms with Crippen LogP contribution in [0, 0.1) is 0 Å². The molecule has 0 bridgehead atoms. The van der Waals surface area contributed by atoms with Gasteiger partial charge in [0.05, 0.1) is 18.8 Å². The Labute approximate surface area is 103 Å². The highest BCUT2D eigenvalue weighted by atomic mass is 32.2. The molecule has 3 N–H and O–H groups in total. The maximum atomic E-state index is 11.9. The van der Waals surface area contributed by atoms with Crippen molar-refractivity contribution in [3.63, 3.8) is 0 Å². The van der Waals surface area contributed by atoms with E-state index in [2.05, 4.69) is 0 Å². The van der Waals surface area contributed by atoms with Crippen molar-refractivity contribution in [2.24, 2.45) is 5.14 Å². The van der Waals surface area contributed by atoms with Crippen LogP contribution in [0.1, 0.15) is 16.8 Å². The Morgan fingerprint density at radius 2 is 2.11 bits per heavy atom. The number of sulfonamides is 1. The highest BCUT2D eigenvalue weighted by Crippen LogP contribution is 2.24. The van der Waals surface area contributed by atoms with Gasteiger partial charge in [-0.3, -0.25) is 4.39 Å². The summed E-state index contributed by atoms with van der Waals surface area (Å²) in [6.07, 6.45) is 0.102. The molecule has 100 valence electrons. The van der Waals surface area contributed by atoms with E-state index in [4.69, 9.17) is 15.0 Å². The molecule has 0 heterocycles. The molecule has 6 nitrogen and oxygen atoms in total. The van der Waals surface area contributed by atoms with E-state index in [1.165, 1.54) is 12.1 Å². The Kier molecular flexibility index (Phi) is 4.62. The fourth-order valence-corrected chi connectivity index (χ4v) is 1.92. The molecule has 0 aromatic heterocycles. The zero-order valence-corrected chi connectivity index (χ0v) is 10.1. The number of carboxylic acid groups (broad SMARTS) is 1. The summed E-state index contributed by atoms with van der Waals surface area (Å²) in [5.41, 5.74) is -0.225. The van der Waals surface area contributed by atoms with Crippen LogP contribution in [0.15, 0.2) is 23.1 Å². The molecule has 0 aliphatic heterocycles.